The number of thioether (sulfide) groups is 1. The van der Waals surface area contributed by atoms with Gasteiger partial charge in [0.25, 0.3) is 5.91 Å². The third-order valence-electron chi connectivity index (χ3n) is 3.94. The number of hydrogen-bond donors (Lipinski definition) is 1. The van der Waals surface area contributed by atoms with E-state index < -0.39 is 16.4 Å². The third-order valence-corrected chi connectivity index (χ3v) is 5.24. The summed E-state index contributed by atoms with van der Waals surface area (Å²) in [6.07, 6.45) is 1.49. The van der Waals surface area contributed by atoms with Crippen LogP contribution in [0.15, 0.2) is 41.3 Å². The second kappa shape index (κ2) is 7.37. The quantitative estimate of drug-likeness (QED) is 0.357. The lowest BCUT2D eigenvalue weighted by Gasteiger charge is -2.16. The second-order valence-electron chi connectivity index (χ2n) is 5.65. The van der Waals surface area contributed by atoms with Gasteiger partial charge in [-0.1, -0.05) is 42.2 Å². The van der Waals surface area contributed by atoms with Crippen LogP contribution in [0.25, 0.3) is 6.08 Å². The first-order valence-corrected chi connectivity index (χ1v) is 8.95. The van der Waals surface area contributed by atoms with Gasteiger partial charge in [-0.05, 0) is 36.3 Å². The zero-order valence-corrected chi connectivity index (χ0v) is 16.0. The average molecular weight is 402 g/mol. The molecule has 0 bridgehead atoms. The number of benzene rings is 2. The van der Waals surface area contributed by atoms with E-state index in [4.69, 9.17) is 17.0 Å². The number of phenols is 1. The van der Waals surface area contributed by atoms with Crippen molar-refractivity contribution in [3.05, 3.63) is 62.5 Å². The van der Waals surface area contributed by atoms with E-state index in [2.05, 4.69) is 0 Å². The van der Waals surface area contributed by atoms with E-state index in [0.29, 0.717) is 20.5 Å². The van der Waals surface area contributed by atoms with Gasteiger partial charge >= 0.3 is 5.69 Å². The van der Waals surface area contributed by atoms with Gasteiger partial charge < -0.3 is 9.84 Å². The Balaban J connectivity index is 2.03. The molecule has 1 amide bonds. The topological polar surface area (TPSA) is 92.9 Å². The highest BCUT2D eigenvalue weighted by Crippen LogP contribution is 2.40. The molecule has 27 heavy (non-hydrogen) atoms. The zero-order valence-electron chi connectivity index (χ0n) is 14.3. The highest BCUT2D eigenvalue weighted by molar-refractivity contribution is 8.27. The normalized spacial score (nSPS) is 15.5. The molecule has 0 atom stereocenters. The van der Waals surface area contributed by atoms with E-state index in [1.807, 2.05) is 25.1 Å². The molecule has 0 aromatic heterocycles. The number of aromatic hydroxyl groups is 1. The number of para-hydroxylation sites is 1. The first-order chi connectivity index (χ1) is 12.8. The van der Waals surface area contributed by atoms with Gasteiger partial charge in [-0.25, -0.2) is 0 Å². The van der Waals surface area contributed by atoms with Crippen LogP contribution < -0.4 is 9.64 Å². The number of phenolic OH excluding ortho intramolecular Hbond substituents is 1. The first-order valence-electron chi connectivity index (χ1n) is 7.72. The van der Waals surface area contributed by atoms with Crippen LogP contribution in [0, 0.1) is 17.0 Å². The third kappa shape index (κ3) is 3.51. The summed E-state index contributed by atoms with van der Waals surface area (Å²) >= 11 is 6.45. The number of nitro benzene ring substituents is 1. The number of ether oxygens (including phenoxy) is 1. The summed E-state index contributed by atoms with van der Waals surface area (Å²) in [6.45, 7) is 1.88. The van der Waals surface area contributed by atoms with Crippen LogP contribution in [0.1, 0.15) is 11.1 Å². The molecule has 1 aliphatic heterocycles. The number of anilines is 1. The zero-order chi connectivity index (χ0) is 19.7. The molecule has 0 radical (unpaired) electrons. The van der Waals surface area contributed by atoms with E-state index in [1.165, 1.54) is 30.2 Å². The van der Waals surface area contributed by atoms with Crippen molar-refractivity contribution in [3.63, 3.8) is 0 Å². The number of amides is 1. The fourth-order valence-electron chi connectivity index (χ4n) is 2.63. The van der Waals surface area contributed by atoms with Crippen LogP contribution in [0.5, 0.6) is 11.5 Å². The highest BCUT2D eigenvalue weighted by Gasteiger charge is 2.34. The van der Waals surface area contributed by atoms with Crippen molar-refractivity contribution in [3.8, 4) is 11.5 Å². The van der Waals surface area contributed by atoms with Gasteiger partial charge in [0.15, 0.2) is 10.1 Å². The van der Waals surface area contributed by atoms with Gasteiger partial charge in [0, 0.05) is 6.07 Å². The van der Waals surface area contributed by atoms with Crippen molar-refractivity contribution in [1.82, 2.24) is 0 Å². The summed E-state index contributed by atoms with van der Waals surface area (Å²) < 4.78 is 5.36. The number of rotatable bonds is 4. The average Bonchev–Trinajstić information content (AvgIpc) is 2.90. The molecule has 1 fully saturated rings. The molecule has 138 valence electrons. The minimum Gasteiger partial charge on any atom is -0.500 e. The van der Waals surface area contributed by atoms with E-state index in [9.17, 15) is 20.0 Å². The van der Waals surface area contributed by atoms with Gasteiger partial charge in [0.2, 0.25) is 5.75 Å². The molecule has 7 nitrogen and oxygen atoms in total. The Morgan fingerprint density at radius 3 is 2.67 bits per heavy atom. The molecule has 1 saturated heterocycles. The van der Waals surface area contributed by atoms with Crippen molar-refractivity contribution in [2.75, 3.05) is 12.0 Å². The van der Waals surface area contributed by atoms with Crippen LogP contribution in [-0.2, 0) is 4.79 Å². The summed E-state index contributed by atoms with van der Waals surface area (Å²) in [5.74, 6) is -0.925. The van der Waals surface area contributed by atoms with Gasteiger partial charge in [0.1, 0.15) is 0 Å². The van der Waals surface area contributed by atoms with Crippen LogP contribution in [0.3, 0.4) is 0 Å². The van der Waals surface area contributed by atoms with Crippen LogP contribution in [0.4, 0.5) is 11.4 Å². The largest absolute Gasteiger partial charge is 0.500 e. The minimum atomic E-state index is -0.715. The predicted molar refractivity (Wildman–Crippen MR) is 108 cm³/mol. The summed E-state index contributed by atoms with van der Waals surface area (Å²) in [6, 6.07) is 9.97. The maximum absolute atomic E-state index is 12.8. The number of aryl methyl sites for hydroxylation is 1. The highest BCUT2D eigenvalue weighted by atomic mass is 32.2. The van der Waals surface area contributed by atoms with Crippen LogP contribution >= 0.6 is 24.0 Å². The number of nitro groups is 1. The maximum atomic E-state index is 12.8. The monoisotopic (exact) mass is 402 g/mol. The summed E-state index contributed by atoms with van der Waals surface area (Å²) in [5.41, 5.74) is 1.44. The van der Waals surface area contributed by atoms with E-state index in [-0.39, 0.29) is 11.7 Å². The number of thiocarbonyl (C=S) groups is 1. The van der Waals surface area contributed by atoms with E-state index >= 15 is 0 Å². The Kier molecular flexibility index (Phi) is 5.15. The Hall–Kier alpha value is -2.91. The Morgan fingerprint density at radius 2 is 2.04 bits per heavy atom. The lowest BCUT2D eigenvalue weighted by Crippen LogP contribution is -2.28. The summed E-state index contributed by atoms with van der Waals surface area (Å²) in [5, 5.41) is 21.0. The van der Waals surface area contributed by atoms with Gasteiger partial charge in [-0.15, -0.1) is 0 Å². The van der Waals surface area contributed by atoms with Crippen molar-refractivity contribution < 1.29 is 19.6 Å². The van der Waals surface area contributed by atoms with Crippen molar-refractivity contribution in [1.29, 1.82) is 0 Å². The molecule has 0 spiro atoms. The molecular weight excluding hydrogens is 388 g/mol. The summed E-state index contributed by atoms with van der Waals surface area (Å²) in [4.78, 5) is 25.0. The molecule has 1 heterocycles. The minimum absolute atomic E-state index is 0.0511. The molecule has 3 rings (SSSR count). The molecule has 1 aliphatic rings. The lowest BCUT2D eigenvalue weighted by atomic mass is 10.1. The SMILES string of the molecule is COc1cc(/C=C2/SC(=S)N(c3ccccc3C)C2=O)cc([N+](=O)[O-])c1O. The van der Waals surface area contributed by atoms with E-state index in [0.717, 1.165) is 17.3 Å². The molecule has 2 aromatic rings. The van der Waals surface area contributed by atoms with Crippen molar-refractivity contribution >= 4 is 51.7 Å². The fraction of sp³-hybridized carbons (Fsp3) is 0.111. The Labute approximate surface area is 164 Å². The van der Waals surface area contributed by atoms with Crippen molar-refractivity contribution in [2.45, 2.75) is 6.92 Å². The molecule has 2 aromatic carbocycles. The lowest BCUT2D eigenvalue weighted by molar-refractivity contribution is -0.386. The molecule has 0 aliphatic carbocycles. The standard InChI is InChI=1S/C18H14N2O5S2/c1-10-5-3-4-6-12(10)19-17(22)15(27-18(19)26)9-11-7-13(20(23)24)16(21)14(8-11)25-2/h3-9,21H,1-2H3/b15-9+. The molecular formula is C18H14N2O5S2. The number of methoxy groups -OCH3 is 1. The number of nitrogens with zero attached hydrogens (tertiary/aromatic N) is 2. The Bertz CT molecular complexity index is 1000. The molecule has 9 heteroatoms. The van der Waals surface area contributed by atoms with Gasteiger partial charge in [-0.2, -0.15) is 0 Å². The predicted octanol–water partition coefficient (Wildman–Crippen LogP) is 4.02. The van der Waals surface area contributed by atoms with Crippen LogP contribution in [0.2, 0.25) is 0 Å². The second-order valence-corrected chi connectivity index (χ2v) is 7.33. The number of carbonyl (C=O) groups excluding carboxylic acids is 1. The molecule has 0 saturated carbocycles. The molecule has 1 N–H and O–H groups in total. The van der Waals surface area contributed by atoms with Crippen molar-refractivity contribution in [2.24, 2.45) is 0 Å². The molecule has 0 unspecified atom stereocenters. The smallest absolute Gasteiger partial charge is 0.315 e. The van der Waals surface area contributed by atoms with Gasteiger partial charge in [-0.3, -0.25) is 19.8 Å². The summed E-state index contributed by atoms with van der Waals surface area (Å²) in [7, 11) is 1.29. The fourth-order valence-corrected chi connectivity index (χ4v) is 3.92. The van der Waals surface area contributed by atoms with Crippen LogP contribution in [-0.4, -0.2) is 27.4 Å². The first kappa shape index (κ1) is 18.9. The maximum Gasteiger partial charge on any atom is 0.315 e. The number of carbonyl (C=O) groups is 1. The Morgan fingerprint density at radius 1 is 1.33 bits per heavy atom. The number of hydrogen-bond acceptors (Lipinski definition) is 7. The van der Waals surface area contributed by atoms with E-state index in [1.54, 1.807) is 6.07 Å². The van der Waals surface area contributed by atoms with Gasteiger partial charge in [0.05, 0.1) is 22.6 Å².